The summed E-state index contributed by atoms with van der Waals surface area (Å²) in [5, 5.41) is 5.75. The van der Waals surface area contributed by atoms with Crippen LogP contribution in [0.4, 0.5) is 11.1 Å². The Hall–Kier alpha value is -2.02. The fraction of sp³-hybridized carbons (Fsp3) is 0.429. The highest BCUT2D eigenvalue weighted by Gasteiger charge is 2.27. The lowest BCUT2D eigenvalue weighted by atomic mass is 9.99. The van der Waals surface area contributed by atoms with Gasteiger partial charge in [-0.1, -0.05) is 0 Å². The molecule has 6 nitrogen and oxygen atoms in total. The summed E-state index contributed by atoms with van der Waals surface area (Å²) in [6.07, 6.45) is 6.59. The third-order valence-electron chi connectivity index (χ3n) is 3.58. The minimum absolute atomic E-state index is 0.0519. The number of aromatic nitrogens is 3. The maximum atomic E-state index is 11.8. The van der Waals surface area contributed by atoms with E-state index in [2.05, 4.69) is 20.3 Å². The Morgan fingerprint density at radius 1 is 1.38 bits per heavy atom. The zero-order valence-corrected chi connectivity index (χ0v) is 12.6. The molecule has 0 unspecified atom stereocenters. The second kappa shape index (κ2) is 6.17. The topological polar surface area (TPSA) is 71.0 Å². The van der Waals surface area contributed by atoms with Crippen LogP contribution in [0.25, 0.3) is 0 Å². The van der Waals surface area contributed by atoms with Crippen LogP contribution in [0, 0.1) is 0 Å². The van der Waals surface area contributed by atoms with E-state index in [1.807, 2.05) is 16.3 Å². The molecule has 2 aromatic rings. The van der Waals surface area contributed by atoms with Crippen LogP contribution in [-0.4, -0.2) is 32.3 Å². The Balaban J connectivity index is 1.82. The highest BCUT2D eigenvalue weighted by atomic mass is 32.1. The van der Waals surface area contributed by atoms with Crippen LogP contribution in [-0.2, 0) is 4.79 Å². The van der Waals surface area contributed by atoms with E-state index in [9.17, 15) is 4.79 Å². The van der Waals surface area contributed by atoms with Gasteiger partial charge in [0.1, 0.15) is 0 Å². The summed E-state index contributed by atoms with van der Waals surface area (Å²) < 4.78 is 0. The number of rotatable bonds is 3. The van der Waals surface area contributed by atoms with Crippen molar-refractivity contribution >= 4 is 28.3 Å². The zero-order valence-electron chi connectivity index (χ0n) is 11.8. The largest absolute Gasteiger partial charge is 0.334 e. The summed E-state index contributed by atoms with van der Waals surface area (Å²) in [6.45, 7) is 2.42. The summed E-state index contributed by atoms with van der Waals surface area (Å²) in [7, 11) is 0. The second-order valence-corrected chi connectivity index (χ2v) is 5.89. The molecule has 3 heterocycles. The van der Waals surface area contributed by atoms with Gasteiger partial charge in [0.2, 0.25) is 11.9 Å². The lowest BCUT2D eigenvalue weighted by molar-refractivity contribution is -0.132. The molecule has 110 valence electrons. The van der Waals surface area contributed by atoms with E-state index in [0.717, 1.165) is 36.6 Å². The normalized spacial score (nSPS) is 18.5. The van der Waals surface area contributed by atoms with Gasteiger partial charge in [0.05, 0.1) is 11.7 Å². The minimum Gasteiger partial charge on any atom is -0.334 e. The highest BCUT2D eigenvalue weighted by Crippen LogP contribution is 2.30. The number of carbonyl (C=O) groups is 1. The standard InChI is InChI=1S/C14H17N5OS/c1-10(20)19-8-3-2-4-12(19)11-5-6-15-13(17-11)18-14-16-7-9-21-14/h5-7,9,12H,2-4,8H2,1H3,(H,15,16,17,18)/t12-/m0/s1. The average molecular weight is 303 g/mol. The Morgan fingerprint density at radius 3 is 3.05 bits per heavy atom. The molecule has 2 aromatic heterocycles. The third kappa shape index (κ3) is 3.18. The Bertz CT molecular complexity index is 616. The summed E-state index contributed by atoms with van der Waals surface area (Å²) >= 11 is 1.50. The molecule has 0 aliphatic carbocycles. The van der Waals surface area contributed by atoms with Crippen LogP contribution < -0.4 is 5.32 Å². The first-order valence-electron chi connectivity index (χ1n) is 7.01. The monoisotopic (exact) mass is 303 g/mol. The predicted octanol–water partition coefficient (Wildman–Crippen LogP) is 2.75. The quantitative estimate of drug-likeness (QED) is 0.944. The number of nitrogens with zero attached hydrogens (tertiary/aromatic N) is 4. The van der Waals surface area contributed by atoms with Crippen molar-refractivity contribution in [3.8, 4) is 0 Å². The first kappa shape index (κ1) is 13.9. The van der Waals surface area contributed by atoms with Gasteiger partial charge in [0, 0.05) is 31.2 Å². The van der Waals surface area contributed by atoms with Crippen molar-refractivity contribution in [2.75, 3.05) is 11.9 Å². The Kier molecular flexibility index (Phi) is 4.10. The lowest BCUT2D eigenvalue weighted by Crippen LogP contribution is -2.37. The number of thiazole rings is 1. The van der Waals surface area contributed by atoms with E-state index < -0.39 is 0 Å². The smallest absolute Gasteiger partial charge is 0.229 e. The molecule has 0 spiro atoms. The number of amides is 1. The van der Waals surface area contributed by atoms with Gasteiger partial charge in [-0.05, 0) is 25.3 Å². The van der Waals surface area contributed by atoms with Crippen molar-refractivity contribution < 1.29 is 4.79 Å². The number of likely N-dealkylation sites (tertiary alicyclic amines) is 1. The number of piperidine rings is 1. The van der Waals surface area contributed by atoms with Gasteiger partial charge < -0.3 is 10.2 Å². The molecule has 21 heavy (non-hydrogen) atoms. The fourth-order valence-electron chi connectivity index (χ4n) is 2.62. The molecule has 7 heteroatoms. The van der Waals surface area contributed by atoms with Gasteiger partial charge in [-0.3, -0.25) is 4.79 Å². The fourth-order valence-corrected chi connectivity index (χ4v) is 3.14. The van der Waals surface area contributed by atoms with Crippen molar-refractivity contribution in [2.24, 2.45) is 0 Å². The average Bonchev–Trinajstić information content (AvgIpc) is 3.00. The van der Waals surface area contributed by atoms with E-state index in [0.29, 0.717) is 5.95 Å². The number of nitrogens with one attached hydrogen (secondary N) is 1. The zero-order chi connectivity index (χ0) is 14.7. The molecule has 0 saturated carbocycles. The maximum Gasteiger partial charge on any atom is 0.229 e. The van der Waals surface area contributed by atoms with Crippen molar-refractivity contribution in [3.63, 3.8) is 0 Å². The number of hydrogen-bond acceptors (Lipinski definition) is 6. The predicted molar refractivity (Wildman–Crippen MR) is 81.4 cm³/mol. The molecule has 1 fully saturated rings. The molecule has 1 amide bonds. The van der Waals surface area contributed by atoms with Crippen molar-refractivity contribution in [3.05, 3.63) is 29.5 Å². The van der Waals surface area contributed by atoms with Crippen LogP contribution in [0.5, 0.6) is 0 Å². The third-order valence-corrected chi connectivity index (χ3v) is 4.27. The van der Waals surface area contributed by atoms with Crippen LogP contribution >= 0.6 is 11.3 Å². The summed E-state index contributed by atoms with van der Waals surface area (Å²) in [5.41, 5.74) is 0.888. The summed E-state index contributed by atoms with van der Waals surface area (Å²) in [4.78, 5) is 26.6. The molecule has 1 N–H and O–H groups in total. The van der Waals surface area contributed by atoms with E-state index in [1.165, 1.54) is 11.3 Å². The number of carbonyl (C=O) groups excluding carboxylic acids is 1. The van der Waals surface area contributed by atoms with Crippen LogP contribution in [0.1, 0.15) is 37.9 Å². The van der Waals surface area contributed by atoms with Crippen molar-refractivity contribution in [1.29, 1.82) is 0 Å². The first-order valence-corrected chi connectivity index (χ1v) is 7.88. The van der Waals surface area contributed by atoms with Crippen LogP contribution in [0.3, 0.4) is 0 Å². The van der Waals surface area contributed by atoms with Gasteiger partial charge in [-0.15, -0.1) is 11.3 Å². The van der Waals surface area contributed by atoms with Gasteiger partial charge >= 0.3 is 0 Å². The molecule has 0 radical (unpaired) electrons. The molecule has 1 saturated heterocycles. The highest BCUT2D eigenvalue weighted by molar-refractivity contribution is 7.13. The molecule has 0 aromatic carbocycles. The second-order valence-electron chi connectivity index (χ2n) is 4.99. The van der Waals surface area contributed by atoms with Gasteiger partial charge in [-0.2, -0.15) is 0 Å². The van der Waals surface area contributed by atoms with E-state index in [1.54, 1.807) is 19.3 Å². The molecule has 0 bridgehead atoms. The van der Waals surface area contributed by atoms with Crippen LogP contribution in [0.2, 0.25) is 0 Å². The van der Waals surface area contributed by atoms with Crippen molar-refractivity contribution in [2.45, 2.75) is 32.2 Å². The van der Waals surface area contributed by atoms with Gasteiger partial charge in [0.15, 0.2) is 5.13 Å². The van der Waals surface area contributed by atoms with E-state index in [4.69, 9.17) is 0 Å². The van der Waals surface area contributed by atoms with Gasteiger partial charge in [-0.25, -0.2) is 15.0 Å². The van der Waals surface area contributed by atoms with Crippen LogP contribution in [0.15, 0.2) is 23.8 Å². The SMILES string of the molecule is CC(=O)N1CCCC[C@H]1c1ccnc(Nc2nccs2)n1. The molecule has 1 atom stereocenters. The Morgan fingerprint density at radius 2 is 2.29 bits per heavy atom. The number of hydrogen-bond donors (Lipinski definition) is 1. The maximum absolute atomic E-state index is 11.8. The molecule has 1 aliphatic rings. The minimum atomic E-state index is 0.0519. The van der Waals surface area contributed by atoms with Gasteiger partial charge in [0.25, 0.3) is 0 Å². The van der Waals surface area contributed by atoms with Crippen molar-refractivity contribution in [1.82, 2.24) is 19.9 Å². The molecule has 3 rings (SSSR count). The first-order chi connectivity index (χ1) is 10.2. The molecular formula is C14H17N5OS. The van der Waals surface area contributed by atoms with E-state index in [-0.39, 0.29) is 11.9 Å². The number of anilines is 2. The van der Waals surface area contributed by atoms with E-state index >= 15 is 0 Å². The Labute approximate surface area is 127 Å². The summed E-state index contributed by atoms with van der Waals surface area (Å²) in [5.74, 6) is 0.629. The summed E-state index contributed by atoms with van der Waals surface area (Å²) in [6, 6.07) is 1.94. The molecule has 1 aliphatic heterocycles. The molecular weight excluding hydrogens is 286 g/mol. The lowest BCUT2D eigenvalue weighted by Gasteiger charge is -2.34.